The highest BCUT2D eigenvalue weighted by Crippen LogP contribution is 2.16. The highest BCUT2D eigenvalue weighted by atomic mass is 16.5. The van der Waals surface area contributed by atoms with Gasteiger partial charge >= 0.3 is 5.97 Å². The van der Waals surface area contributed by atoms with E-state index in [0.717, 1.165) is 18.2 Å². The molecule has 0 aliphatic carbocycles. The first-order chi connectivity index (χ1) is 8.33. The third-order valence-corrected chi connectivity index (χ3v) is 2.58. The summed E-state index contributed by atoms with van der Waals surface area (Å²) < 4.78 is 5.20. The average Bonchev–Trinajstić information content (AvgIpc) is 2.38. The molecule has 1 aromatic carbocycles. The van der Waals surface area contributed by atoms with E-state index >= 15 is 0 Å². The van der Waals surface area contributed by atoms with Crippen LogP contribution in [0.25, 0.3) is 10.9 Å². The summed E-state index contributed by atoms with van der Waals surface area (Å²) in [5.74, 6) is -0.289. The number of ether oxygens (including phenoxy) is 1. The third-order valence-electron chi connectivity index (χ3n) is 2.58. The maximum absolute atomic E-state index is 11.9. The minimum absolute atomic E-state index is 0.289. The van der Waals surface area contributed by atoms with Gasteiger partial charge in [-0.15, -0.1) is 0 Å². The first-order valence-corrected chi connectivity index (χ1v) is 5.84. The van der Waals surface area contributed by atoms with Crippen LogP contribution in [0, 0.1) is 0 Å². The lowest BCUT2D eigenvalue weighted by atomic mass is 10.1. The number of nitrogens with zero attached hydrogens (tertiary/aromatic N) is 1. The molecule has 3 heteroatoms. The van der Waals surface area contributed by atoms with Crippen LogP contribution in [0.5, 0.6) is 0 Å². The van der Waals surface area contributed by atoms with E-state index in [1.54, 1.807) is 12.3 Å². The number of para-hydroxylation sites is 1. The van der Waals surface area contributed by atoms with Crippen LogP contribution in [0.3, 0.4) is 0 Å². The van der Waals surface area contributed by atoms with Gasteiger partial charge < -0.3 is 4.74 Å². The topological polar surface area (TPSA) is 39.2 Å². The molecule has 0 saturated carbocycles. The Hall–Kier alpha value is -1.90. The van der Waals surface area contributed by atoms with Gasteiger partial charge in [-0.3, -0.25) is 4.98 Å². The first kappa shape index (κ1) is 11.6. The SMILES string of the molecule is CCCCOC(=O)c1cccc2cccnc12. The van der Waals surface area contributed by atoms with E-state index in [-0.39, 0.29) is 5.97 Å². The van der Waals surface area contributed by atoms with Crippen molar-refractivity contribution in [1.82, 2.24) is 4.98 Å². The number of esters is 1. The van der Waals surface area contributed by atoms with Crippen LogP contribution in [0.4, 0.5) is 0 Å². The maximum Gasteiger partial charge on any atom is 0.340 e. The van der Waals surface area contributed by atoms with Gasteiger partial charge in [0.15, 0.2) is 0 Å². The molecule has 1 heterocycles. The molecule has 0 N–H and O–H groups in total. The van der Waals surface area contributed by atoms with Crippen molar-refractivity contribution >= 4 is 16.9 Å². The molecule has 0 aliphatic rings. The molecule has 1 aromatic heterocycles. The Morgan fingerprint density at radius 1 is 1.29 bits per heavy atom. The van der Waals surface area contributed by atoms with Gasteiger partial charge in [-0.25, -0.2) is 4.79 Å². The summed E-state index contributed by atoms with van der Waals surface area (Å²) in [6, 6.07) is 9.33. The summed E-state index contributed by atoms with van der Waals surface area (Å²) in [5.41, 5.74) is 1.25. The Balaban J connectivity index is 2.26. The van der Waals surface area contributed by atoms with Crippen molar-refractivity contribution < 1.29 is 9.53 Å². The Morgan fingerprint density at radius 2 is 2.12 bits per heavy atom. The Bertz CT molecular complexity index is 517. The lowest BCUT2D eigenvalue weighted by Gasteiger charge is -2.06. The summed E-state index contributed by atoms with van der Waals surface area (Å²) >= 11 is 0. The number of carbonyl (C=O) groups is 1. The fraction of sp³-hybridized carbons (Fsp3) is 0.286. The number of aromatic nitrogens is 1. The summed E-state index contributed by atoms with van der Waals surface area (Å²) in [6.07, 6.45) is 3.59. The molecule has 0 spiro atoms. The van der Waals surface area contributed by atoms with Gasteiger partial charge in [0.25, 0.3) is 0 Å². The zero-order valence-corrected chi connectivity index (χ0v) is 9.85. The van der Waals surface area contributed by atoms with Gasteiger partial charge in [0, 0.05) is 11.6 Å². The standard InChI is InChI=1S/C14H15NO2/c1-2-3-10-17-14(16)12-8-4-6-11-7-5-9-15-13(11)12/h4-9H,2-3,10H2,1H3. The van der Waals surface area contributed by atoms with Crippen LogP contribution < -0.4 is 0 Å². The van der Waals surface area contributed by atoms with Crippen molar-refractivity contribution in [2.75, 3.05) is 6.61 Å². The number of benzene rings is 1. The molecule has 0 amide bonds. The fourth-order valence-electron chi connectivity index (χ4n) is 1.66. The molecular weight excluding hydrogens is 214 g/mol. The Morgan fingerprint density at radius 3 is 2.94 bits per heavy atom. The van der Waals surface area contributed by atoms with Crippen molar-refractivity contribution in [3.63, 3.8) is 0 Å². The van der Waals surface area contributed by atoms with E-state index in [1.165, 1.54) is 0 Å². The summed E-state index contributed by atoms with van der Waals surface area (Å²) in [7, 11) is 0. The summed E-state index contributed by atoms with van der Waals surface area (Å²) in [6.45, 7) is 2.53. The third kappa shape index (κ3) is 2.61. The molecule has 0 atom stereocenters. The fourth-order valence-corrected chi connectivity index (χ4v) is 1.66. The van der Waals surface area contributed by atoms with Gasteiger partial charge in [0.05, 0.1) is 17.7 Å². The van der Waals surface area contributed by atoms with Crippen LogP contribution in [0.2, 0.25) is 0 Å². The van der Waals surface area contributed by atoms with Gasteiger partial charge in [-0.05, 0) is 18.6 Å². The summed E-state index contributed by atoms with van der Waals surface area (Å²) in [4.78, 5) is 16.1. The number of pyridine rings is 1. The van der Waals surface area contributed by atoms with E-state index in [9.17, 15) is 4.79 Å². The maximum atomic E-state index is 11.9. The van der Waals surface area contributed by atoms with Crippen molar-refractivity contribution in [3.05, 3.63) is 42.1 Å². The first-order valence-electron chi connectivity index (χ1n) is 5.84. The second-order valence-electron chi connectivity index (χ2n) is 3.87. The zero-order chi connectivity index (χ0) is 12.1. The van der Waals surface area contributed by atoms with Crippen LogP contribution in [-0.4, -0.2) is 17.6 Å². The number of hydrogen-bond donors (Lipinski definition) is 0. The highest BCUT2D eigenvalue weighted by molar-refractivity contribution is 6.02. The molecule has 0 radical (unpaired) electrons. The van der Waals surface area contributed by atoms with Crippen molar-refractivity contribution in [2.45, 2.75) is 19.8 Å². The minimum atomic E-state index is -0.289. The van der Waals surface area contributed by atoms with Gasteiger partial charge in [-0.2, -0.15) is 0 Å². The molecular formula is C14H15NO2. The molecule has 3 nitrogen and oxygen atoms in total. The van der Waals surface area contributed by atoms with E-state index in [4.69, 9.17) is 4.74 Å². The van der Waals surface area contributed by atoms with Gasteiger partial charge in [0.2, 0.25) is 0 Å². The number of fused-ring (bicyclic) bond motifs is 1. The van der Waals surface area contributed by atoms with Crippen LogP contribution in [0.1, 0.15) is 30.1 Å². The van der Waals surface area contributed by atoms with Crippen LogP contribution >= 0.6 is 0 Å². The van der Waals surface area contributed by atoms with Crippen molar-refractivity contribution in [1.29, 1.82) is 0 Å². The van der Waals surface area contributed by atoms with Gasteiger partial charge in [0.1, 0.15) is 0 Å². The number of carbonyl (C=O) groups excluding carboxylic acids is 1. The largest absolute Gasteiger partial charge is 0.462 e. The number of unbranched alkanes of at least 4 members (excludes halogenated alkanes) is 1. The van der Waals surface area contributed by atoms with Crippen LogP contribution in [0.15, 0.2) is 36.5 Å². The second-order valence-corrected chi connectivity index (χ2v) is 3.87. The zero-order valence-electron chi connectivity index (χ0n) is 9.85. The van der Waals surface area contributed by atoms with E-state index in [2.05, 4.69) is 11.9 Å². The molecule has 0 aliphatic heterocycles. The molecule has 0 bridgehead atoms. The van der Waals surface area contributed by atoms with E-state index in [0.29, 0.717) is 17.7 Å². The Kier molecular flexibility index (Phi) is 3.70. The quantitative estimate of drug-likeness (QED) is 0.597. The number of hydrogen-bond acceptors (Lipinski definition) is 3. The average molecular weight is 229 g/mol. The second kappa shape index (κ2) is 5.43. The smallest absolute Gasteiger partial charge is 0.340 e. The molecule has 2 rings (SSSR count). The monoisotopic (exact) mass is 229 g/mol. The molecule has 0 fully saturated rings. The lowest BCUT2D eigenvalue weighted by Crippen LogP contribution is -2.07. The Labute approximate surface area is 100 Å². The lowest BCUT2D eigenvalue weighted by molar-refractivity contribution is 0.0502. The number of rotatable bonds is 4. The molecule has 88 valence electrons. The highest BCUT2D eigenvalue weighted by Gasteiger charge is 2.11. The molecule has 2 aromatic rings. The van der Waals surface area contributed by atoms with Gasteiger partial charge in [-0.1, -0.05) is 31.5 Å². The van der Waals surface area contributed by atoms with E-state index < -0.39 is 0 Å². The van der Waals surface area contributed by atoms with Crippen LogP contribution in [-0.2, 0) is 4.74 Å². The predicted molar refractivity (Wildman–Crippen MR) is 66.9 cm³/mol. The predicted octanol–water partition coefficient (Wildman–Crippen LogP) is 3.19. The van der Waals surface area contributed by atoms with Crippen molar-refractivity contribution in [2.24, 2.45) is 0 Å². The molecule has 17 heavy (non-hydrogen) atoms. The van der Waals surface area contributed by atoms with E-state index in [1.807, 2.05) is 24.3 Å². The van der Waals surface area contributed by atoms with Crippen molar-refractivity contribution in [3.8, 4) is 0 Å². The minimum Gasteiger partial charge on any atom is -0.462 e. The summed E-state index contributed by atoms with van der Waals surface area (Å²) in [5, 5.41) is 0.956. The molecule has 0 unspecified atom stereocenters. The molecule has 0 saturated heterocycles. The normalized spacial score (nSPS) is 10.4.